The number of carbonyl (C=O) groups is 1. The lowest BCUT2D eigenvalue weighted by Gasteiger charge is -2.34. The highest BCUT2D eigenvalue weighted by Gasteiger charge is 2.15. The second-order valence-electron chi connectivity index (χ2n) is 7.61. The van der Waals surface area contributed by atoms with Gasteiger partial charge in [-0.1, -0.05) is 19.8 Å². The summed E-state index contributed by atoms with van der Waals surface area (Å²) in [6, 6.07) is 9.74. The fourth-order valence-electron chi connectivity index (χ4n) is 3.38. The number of rotatable bonds is 8. The maximum Gasteiger partial charge on any atom is 0.274 e. The molecule has 0 bridgehead atoms. The third-order valence-electron chi connectivity index (χ3n) is 5.15. The number of hydrogen-bond acceptors (Lipinski definition) is 6. The molecule has 7 heteroatoms. The fourth-order valence-corrected chi connectivity index (χ4v) is 3.38. The quantitative estimate of drug-likeness (QED) is 0.667. The molecule has 1 aromatic heterocycles. The number of unbranched alkanes of at least 4 members (excludes halogenated alkanes) is 2. The minimum atomic E-state index is -0.223. The maximum atomic E-state index is 12.7. The Hall–Kier alpha value is -2.67. The van der Waals surface area contributed by atoms with E-state index in [9.17, 15) is 4.79 Å². The van der Waals surface area contributed by atoms with E-state index in [0.717, 1.165) is 44.8 Å². The van der Waals surface area contributed by atoms with E-state index in [1.165, 1.54) is 18.5 Å². The lowest BCUT2D eigenvalue weighted by atomic mass is 10.2. The first kappa shape index (κ1) is 21.0. The van der Waals surface area contributed by atoms with Crippen LogP contribution >= 0.6 is 0 Å². The van der Waals surface area contributed by atoms with Crippen molar-refractivity contribution in [2.45, 2.75) is 33.1 Å². The molecular formula is C22H32N6O. The van der Waals surface area contributed by atoms with Gasteiger partial charge in [0.25, 0.3) is 5.91 Å². The molecule has 7 nitrogen and oxygen atoms in total. The lowest BCUT2D eigenvalue weighted by Crippen LogP contribution is -2.44. The van der Waals surface area contributed by atoms with E-state index in [1.807, 2.05) is 12.1 Å². The zero-order chi connectivity index (χ0) is 20.6. The Morgan fingerprint density at radius 3 is 2.48 bits per heavy atom. The van der Waals surface area contributed by atoms with Crippen molar-refractivity contribution in [3.8, 4) is 0 Å². The van der Waals surface area contributed by atoms with E-state index in [0.29, 0.717) is 17.3 Å². The number of hydrogen-bond donors (Lipinski definition) is 2. The highest BCUT2D eigenvalue weighted by Crippen LogP contribution is 2.20. The zero-order valence-electron chi connectivity index (χ0n) is 17.7. The van der Waals surface area contributed by atoms with Gasteiger partial charge in [-0.05, 0) is 44.7 Å². The molecule has 0 aliphatic carbocycles. The number of amides is 1. The summed E-state index contributed by atoms with van der Waals surface area (Å²) < 4.78 is 0. The normalized spacial score (nSPS) is 14.7. The molecule has 1 fully saturated rings. The number of nitrogens with zero attached hydrogens (tertiary/aromatic N) is 4. The minimum Gasteiger partial charge on any atom is -0.370 e. The molecule has 0 atom stereocenters. The first-order chi connectivity index (χ1) is 14.0. The summed E-state index contributed by atoms with van der Waals surface area (Å²) in [5, 5.41) is 6.23. The number of carbonyl (C=O) groups excluding carboxylic acids is 1. The molecule has 1 aliphatic rings. The maximum absolute atomic E-state index is 12.7. The van der Waals surface area contributed by atoms with Crippen LogP contribution in [0.25, 0.3) is 0 Å². The van der Waals surface area contributed by atoms with Crippen LogP contribution in [-0.2, 0) is 0 Å². The monoisotopic (exact) mass is 396 g/mol. The van der Waals surface area contributed by atoms with Crippen LogP contribution in [0.5, 0.6) is 0 Å². The molecule has 1 amide bonds. The van der Waals surface area contributed by atoms with Crippen molar-refractivity contribution >= 4 is 23.1 Å². The summed E-state index contributed by atoms with van der Waals surface area (Å²) in [6.45, 7) is 9.01. The van der Waals surface area contributed by atoms with Crippen molar-refractivity contribution in [3.63, 3.8) is 0 Å². The smallest absolute Gasteiger partial charge is 0.274 e. The molecule has 0 spiro atoms. The number of piperazine rings is 1. The van der Waals surface area contributed by atoms with E-state index >= 15 is 0 Å². The molecule has 0 saturated carbocycles. The Kier molecular flexibility index (Phi) is 7.41. The van der Waals surface area contributed by atoms with Gasteiger partial charge in [-0.3, -0.25) is 4.79 Å². The van der Waals surface area contributed by atoms with Crippen molar-refractivity contribution in [2.75, 3.05) is 55.3 Å². The van der Waals surface area contributed by atoms with Crippen molar-refractivity contribution in [2.24, 2.45) is 0 Å². The van der Waals surface area contributed by atoms with Crippen LogP contribution in [0, 0.1) is 6.92 Å². The fraction of sp³-hybridized carbons (Fsp3) is 0.500. The summed E-state index contributed by atoms with van der Waals surface area (Å²) in [7, 11) is 2.15. The average Bonchev–Trinajstić information content (AvgIpc) is 2.72. The zero-order valence-corrected chi connectivity index (χ0v) is 17.7. The number of nitrogens with one attached hydrogen (secondary N) is 2. The van der Waals surface area contributed by atoms with E-state index in [-0.39, 0.29) is 5.91 Å². The van der Waals surface area contributed by atoms with Gasteiger partial charge in [0.15, 0.2) is 0 Å². The van der Waals surface area contributed by atoms with Gasteiger partial charge in [-0.25, -0.2) is 9.97 Å². The van der Waals surface area contributed by atoms with Crippen molar-refractivity contribution in [3.05, 3.63) is 41.9 Å². The highest BCUT2D eigenvalue weighted by molar-refractivity contribution is 6.03. The van der Waals surface area contributed by atoms with E-state index in [2.05, 4.69) is 56.5 Å². The third kappa shape index (κ3) is 6.15. The van der Waals surface area contributed by atoms with Crippen molar-refractivity contribution in [1.29, 1.82) is 0 Å². The number of aromatic nitrogens is 2. The summed E-state index contributed by atoms with van der Waals surface area (Å²) in [5.74, 6) is 1.06. The third-order valence-corrected chi connectivity index (χ3v) is 5.15. The summed E-state index contributed by atoms with van der Waals surface area (Å²) in [4.78, 5) is 26.1. The van der Waals surface area contributed by atoms with Crippen molar-refractivity contribution < 1.29 is 4.79 Å². The summed E-state index contributed by atoms with van der Waals surface area (Å²) in [5.41, 5.74) is 2.33. The highest BCUT2D eigenvalue weighted by atomic mass is 16.1. The molecule has 29 heavy (non-hydrogen) atoms. The SMILES string of the molecule is CCCCCNc1cc(C(=O)Nc2ccc(N3CCN(C)CC3)cc2)nc(C)n1. The molecular weight excluding hydrogens is 364 g/mol. The van der Waals surface area contributed by atoms with Crippen LogP contribution in [0.1, 0.15) is 42.5 Å². The van der Waals surface area contributed by atoms with Crippen LogP contribution in [0.2, 0.25) is 0 Å². The van der Waals surface area contributed by atoms with Gasteiger partial charge >= 0.3 is 0 Å². The van der Waals surface area contributed by atoms with Crippen LogP contribution < -0.4 is 15.5 Å². The van der Waals surface area contributed by atoms with Gasteiger partial charge in [0.05, 0.1) is 0 Å². The lowest BCUT2D eigenvalue weighted by molar-refractivity contribution is 0.102. The number of likely N-dealkylation sites (N-methyl/N-ethyl adjacent to an activating group) is 1. The summed E-state index contributed by atoms with van der Waals surface area (Å²) in [6.07, 6.45) is 3.43. The van der Waals surface area contributed by atoms with Gasteiger partial charge in [0.2, 0.25) is 0 Å². The van der Waals surface area contributed by atoms with Gasteiger partial charge < -0.3 is 20.4 Å². The minimum absolute atomic E-state index is 0.223. The van der Waals surface area contributed by atoms with E-state index in [4.69, 9.17) is 0 Å². The largest absolute Gasteiger partial charge is 0.370 e. The number of benzene rings is 1. The Balaban J connectivity index is 1.60. The molecule has 2 aromatic rings. The Bertz CT molecular complexity index is 799. The molecule has 2 N–H and O–H groups in total. The van der Waals surface area contributed by atoms with E-state index < -0.39 is 0 Å². The molecule has 3 rings (SSSR count). The molecule has 2 heterocycles. The van der Waals surface area contributed by atoms with Crippen molar-refractivity contribution in [1.82, 2.24) is 14.9 Å². The van der Waals surface area contributed by atoms with Gasteiger partial charge in [0, 0.05) is 50.2 Å². The van der Waals surface area contributed by atoms with Crippen LogP contribution in [0.15, 0.2) is 30.3 Å². The Morgan fingerprint density at radius 1 is 1.07 bits per heavy atom. The topological polar surface area (TPSA) is 73.4 Å². The Labute approximate surface area is 173 Å². The molecule has 1 aliphatic heterocycles. The molecule has 156 valence electrons. The van der Waals surface area contributed by atoms with Crippen LogP contribution in [-0.4, -0.2) is 60.5 Å². The first-order valence-electron chi connectivity index (χ1n) is 10.5. The number of aryl methyl sites for hydroxylation is 1. The van der Waals surface area contributed by atoms with Gasteiger partial charge in [-0.15, -0.1) is 0 Å². The second-order valence-corrected chi connectivity index (χ2v) is 7.61. The van der Waals surface area contributed by atoms with Crippen LogP contribution in [0.3, 0.4) is 0 Å². The average molecular weight is 397 g/mol. The standard InChI is InChI=1S/C22H32N6O/c1-4-5-6-11-23-21-16-20(24-17(2)25-21)22(29)26-18-7-9-19(10-8-18)28-14-12-27(3)13-15-28/h7-10,16H,4-6,11-15H2,1-3H3,(H,26,29)(H,23,24,25). The predicted molar refractivity (Wildman–Crippen MR) is 119 cm³/mol. The molecule has 0 radical (unpaired) electrons. The predicted octanol–water partition coefficient (Wildman–Crippen LogP) is 3.39. The first-order valence-corrected chi connectivity index (χ1v) is 10.5. The van der Waals surface area contributed by atoms with E-state index in [1.54, 1.807) is 13.0 Å². The second kappa shape index (κ2) is 10.2. The number of anilines is 3. The van der Waals surface area contributed by atoms with Gasteiger partial charge in [0.1, 0.15) is 17.3 Å². The molecule has 1 aromatic carbocycles. The summed E-state index contributed by atoms with van der Waals surface area (Å²) >= 11 is 0. The van der Waals surface area contributed by atoms with Gasteiger partial charge in [-0.2, -0.15) is 0 Å². The Morgan fingerprint density at radius 2 is 1.79 bits per heavy atom. The van der Waals surface area contributed by atoms with Crippen LogP contribution in [0.4, 0.5) is 17.2 Å². The molecule has 1 saturated heterocycles. The molecule has 0 unspecified atom stereocenters.